The molecule has 0 aliphatic rings. The van der Waals surface area contributed by atoms with Gasteiger partial charge in [0.05, 0.1) is 12.0 Å². The van der Waals surface area contributed by atoms with Crippen molar-refractivity contribution in [2.24, 2.45) is 5.92 Å². The number of ether oxygens (including phenoxy) is 1. The van der Waals surface area contributed by atoms with Gasteiger partial charge in [-0.1, -0.05) is 44.2 Å². The summed E-state index contributed by atoms with van der Waals surface area (Å²) in [6, 6.07) is 19.2. The molecule has 4 rings (SSSR count). The van der Waals surface area contributed by atoms with Gasteiger partial charge in [0.15, 0.2) is 5.58 Å². The summed E-state index contributed by atoms with van der Waals surface area (Å²) < 4.78 is 11.3. The zero-order chi connectivity index (χ0) is 24.1. The highest BCUT2D eigenvalue weighted by molar-refractivity contribution is 6.04. The standard InChI is InChI=1S/C27H26N2O5/c1-17(2)15-28-26(32)22-7-4-8-23-25(22)34-27(29-23)20-11-9-18(10-12-20)16-33-24(31)14-19-5-3-6-21(30)13-19/h3-13,17,30H,14-16H2,1-2H3,(H,28,32). The minimum Gasteiger partial charge on any atom is -0.508 e. The second-order valence-corrected chi connectivity index (χ2v) is 8.48. The number of hydrogen-bond acceptors (Lipinski definition) is 6. The molecule has 0 bridgehead atoms. The van der Waals surface area contributed by atoms with Gasteiger partial charge in [0.2, 0.25) is 5.89 Å². The smallest absolute Gasteiger partial charge is 0.310 e. The molecule has 7 heteroatoms. The van der Waals surface area contributed by atoms with E-state index in [1.807, 2.05) is 44.2 Å². The normalized spacial score (nSPS) is 11.0. The minimum absolute atomic E-state index is 0.0858. The second kappa shape index (κ2) is 10.2. The van der Waals surface area contributed by atoms with Crippen LogP contribution in [0.5, 0.6) is 5.75 Å². The molecule has 34 heavy (non-hydrogen) atoms. The summed E-state index contributed by atoms with van der Waals surface area (Å²) in [6.07, 6.45) is 0.0858. The lowest BCUT2D eigenvalue weighted by Crippen LogP contribution is -2.27. The Labute approximate surface area is 197 Å². The Morgan fingerprint density at radius 1 is 1.03 bits per heavy atom. The highest BCUT2D eigenvalue weighted by atomic mass is 16.5. The average molecular weight is 459 g/mol. The molecule has 4 aromatic rings. The fourth-order valence-electron chi connectivity index (χ4n) is 3.43. The molecule has 0 aliphatic heterocycles. The number of esters is 1. The maximum Gasteiger partial charge on any atom is 0.310 e. The zero-order valence-corrected chi connectivity index (χ0v) is 19.1. The van der Waals surface area contributed by atoms with Gasteiger partial charge in [-0.15, -0.1) is 0 Å². The van der Waals surface area contributed by atoms with Crippen LogP contribution in [-0.2, 0) is 22.6 Å². The first-order valence-corrected chi connectivity index (χ1v) is 11.1. The number of rotatable bonds is 8. The topological polar surface area (TPSA) is 102 Å². The number of aromatic nitrogens is 1. The van der Waals surface area contributed by atoms with E-state index in [2.05, 4.69) is 10.3 Å². The molecule has 0 radical (unpaired) electrons. The van der Waals surface area contributed by atoms with E-state index in [9.17, 15) is 14.7 Å². The summed E-state index contributed by atoms with van der Waals surface area (Å²) in [5.74, 6) is 0.301. The molecule has 0 unspecified atom stereocenters. The molecule has 0 saturated heterocycles. The number of nitrogens with zero attached hydrogens (tertiary/aromatic N) is 1. The van der Waals surface area contributed by atoms with Crippen molar-refractivity contribution in [2.45, 2.75) is 26.9 Å². The van der Waals surface area contributed by atoms with E-state index in [0.717, 1.165) is 11.1 Å². The molecule has 2 N–H and O–H groups in total. The third kappa shape index (κ3) is 5.61. The van der Waals surface area contributed by atoms with Crippen molar-refractivity contribution < 1.29 is 23.8 Å². The van der Waals surface area contributed by atoms with Gasteiger partial charge in [-0.2, -0.15) is 0 Å². The van der Waals surface area contributed by atoms with Crippen LogP contribution < -0.4 is 5.32 Å². The predicted molar refractivity (Wildman–Crippen MR) is 128 cm³/mol. The van der Waals surface area contributed by atoms with Crippen LogP contribution in [0, 0.1) is 5.92 Å². The first-order valence-electron chi connectivity index (χ1n) is 11.1. The van der Waals surface area contributed by atoms with E-state index < -0.39 is 0 Å². The Balaban J connectivity index is 1.42. The number of carbonyl (C=O) groups is 2. The Kier molecular flexibility index (Phi) is 6.92. The van der Waals surface area contributed by atoms with Crippen molar-refractivity contribution in [2.75, 3.05) is 6.54 Å². The third-order valence-electron chi connectivity index (χ3n) is 5.19. The van der Waals surface area contributed by atoms with Crippen LogP contribution in [0.1, 0.15) is 35.3 Å². The Morgan fingerprint density at radius 2 is 1.79 bits per heavy atom. The Morgan fingerprint density at radius 3 is 2.53 bits per heavy atom. The van der Waals surface area contributed by atoms with Crippen LogP contribution in [0.4, 0.5) is 0 Å². The number of amides is 1. The number of benzene rings is 3. The number of fused-ring (bicyclic) bond motifs is 1. The first kappa shape index (κ1) is 23.0. The molecule has 0 spiro atoms. The quantitative estimate of drug-likeness (QED) is 0.365. The summed E-state index contributed by atoms with van der Waals surface area (Å²) in [4.78, 5) is 29.2. The lowest BCUT2D eigenvalue weighted by atomic mass is 10.1. The van der Waals surface area contributed by atoms with Gasteiger partial charge in [-0.25, -0.2) is 4.98 Å². The van der Waals surface area contributed by atoms with E-state index in [1.165, 1.54) is 6.07 Å². The fraction of sp³-hybridized carbons (Fsp3) is 0.222. The fourth-order valence-corrected chi connectivity index (χ4v) is 3.43. The molecule has 174 valence electrons. The molecule has 0 saturated carbocycles. The summed E-state index contributed by atoms with van der Waals surface area (Å²) in [7, 11) is 0. The van der Waals surface area contributed by atoms with E-state index in [4.69, 9.17) is 9.15 Å². The first-order chi connectivity index (χ1) is 16.4. The van der Waals surface area contributed by atoms with Crippen LogP contribution in [0.25, 0.3) is 22.6 Å². The maximum atomic E-state index is 12.6. The van der Waals surface area contributed by atoms with Crippen molar-refractivity contribution in [1.29, 1.82) is 0 Å². The van der Waals surface area contributed by atoms with Crippen LogP contribution >= 0.6 is 0 Å². The van der Waals surface area contributed by atoms with Crippen molar-refractivity contribution in [1.82, 2.24) is 10.3 Å². The maximum absolute atomic E-state index is 12.6. The predicted octanol–water partition coefficient (Wildman–Crippen LogP) is 4.87. The minimum atomic E-state index is -0.378. The number of hydrogen-bond donors (Lipinski definition) is 2. The van der Waals surface area contributed by atoms with E-state index in [-0.39, 0.29) is 30.7 Å². The number of para-hydroxylation sites is 1. The van der Waals surface area contributed by atoms with Gasteiger partial charge in [-0.3, -0.25) is 9.59 Å². The molecule has 7 nitrogen and oxygen atoms in total. The van der Waals surface area contributed by atoms with Gasteiger partial charge < -0.3 is 19.6 Å². The van der Waals surface area contributed by atoms with Crippen molar-refractivity contribution in [3.05, 3.63) is 83.4 Å². The molecule has 1 aromatic heterocycles. The Bertz CT molecular complexity index is 1310. The van der Waals surface area contributed by atoms with Gasteiger partial charge in [-0.05, 0) is 53.4 Å². The lowest BCUT2D eigenvalue weighted by Gasteiger charge is -2.07. The number of phenolic OH excluding ortho intramolecular Hbond substituents is 1. The van der Waals surface area contributed by atoms with Crippen molar-refractivity contribution >= 4 is 23.0 Å². The average Bonchev–Trinajstić information content (AvgIpc) is 3.26. The summed E-state index contributed by atoms with van der Waals surface area (Å²) in [6.45, 7) is 4.78. The van der Waals surface area contributed by atoms with Gasteiger partial charge >= 0.3 is 5.97 Å². The number of oxazole rings is 1. The van der Waals surface area contributed by atoms with E-state index in [0.29, 0.717) is 40.6 Å². The number of nitrogens with one attached hydrogen (secondary N) is 1. The highest BCUT2D eigenvalue weighted by Gasteiger charge is 2.16. The van der Waals surface area contributed by atoms with E-state index in [1.54, 1.807) is 30.3 Å². The van der Waals surface area contributed by atoms with Crippen LogP contribution in [0.15, 0.2) is 71.1 Å². The molecule has 0 aliphatic carbocycles. The highest BCUT2D eigenvalue weighted by Crippen LogP contribution is 2.27. The molecule has 0 fully saturated rings. The Hall–Kier alpha value is -4.13. The lowest BCUT2D eigenvalue weighted by molar-refractivity contribution is -0.144. The van der Waals surface area contributed by atoms with Crippen LogP contribution in [0.3, 0.4) is 0 Å². The van der Waals surface area contributed by atoms with Gasteiger partial charge in [0.1, 0.15) is 17.9 Å². The zero-order valence-electron chi connectivity index (χ0n) is 19.1. The SMILES string of the molecule is CC(C)CNC(=O)c1cccc2nc(-c3ccc(COC(=O)Cc4cccc(O)c4)cc3)oc12. The molecular weight excluding hydrogens is 432 g/mol. The third-order valence-corrected chi connectivity index (χ3v) is 5.19. The van der Waals surface area contributed by atoms with Crippen LogP contribution in [0.2, 0.25) is 0 Å². The summed E-state index contributed by atoms with van der Waals surface area (Å²) in [5, 5.41) is 12.4. The van der Waals surface area contributed by atoms with Crippen molar-refractivity contribution in [3.8, 4) is 17.2 Å². The summed E-state index contributed by atoms with van der Waals surface area (Å²) >= 11 is 0. The van der Waals surface area contributed by atoms with Gasteiger partial charge in [0.25, 0.3) is 5.91 Å². The largest absolute Gasteiger partial charge is 0.508 e. The number of phenols is 1. The number of aromatic hydroxyl groups is 1. The van der Waals surface area contributed by atoms with Crippen molar-refractivity contribution in [3.63, 3.8) is 0 Å². The van der Waals surface area contributed by atoms with E-state index >= 15 is 0 Å². The van der Waals surface area contributed by atoms with Gasteiger partial charge in [0, 0.05) is 12.1 Å². The second-order valence-electron chi connectivity index (χ2n) is 8.48. The summed E-state index contributed by atoms with van der Waals surface area (Å²) in [5.41, 5.74) is 3.76. The van der Waals surface area contributed by atoms with Crippen LogP contribution in [-0.4, -0.2) is 28.5 Å². The number of carbonyl (C=O) groups excluding carboxylic acids is 2. The monoisotopic (exact) mass is 458 g/mol. The molecule has 0 atom stereocenters. The molecular formula is C27H26N2O5. The molecule has 1 heterocycles. The molecule has 1 amide bonds. The molecule has 3 aromatic carbocycles.